The zero-order valence-corrected chi connectivity index (χ0v) is 12.8. The van der Waals surface area contributed by atoms with Gasteiger partial charge in [-0.15, -0.1) is 0 Å². The number of carbonyl (C=O) groups excluding carboxylic acids is 2. The molecule has 0 aromatic heterocycles. The number of alkyl halides is 1. The molecular weight excluding hydrogens is 282 g/mol. The van der Waals surface area contributed by atoms with Crippen molar-refractivity contribution in [2.45, 2.75) is 39.2 Å². The van der Waals surface area contributed by atoms with Gasteiger partial charge in [0, 0.05) is 13.1 Å². The number of likely N-dealkylation sites (tertiary alicyclic amines) is 1. The third-order valence-electron chi connectivity index (χ3n) is 3.43. The first-order chi connectivity index (χ1) is 9.30. The lowest BCUT2D eigenvalue weighted by atomic mass is 10.0. The Morgan fingerprint density at radius 1 is 1.25 bits per heavy atom. The van der Waals surface area contributed by atoms with E-state index in [-0.39, 0.29) is 24.0 Å². The van der Waals surface area contributed by atoms with Gasteiger partial charge in [0.15, 0.2) is 6.07 Å². The van der Waals surface area contributed by atoms with Crippen molar-refractivity contribution in [2.24, 2.45) is 5.92 Å². The molecule has 0 radical (unpaired) electrons. The number of halogens is 1. The van der Waals surface area contributed by atoms with Crippen molar-refractivity contribution in [2.75, 3.05) is 19.2 Å². The van der Waals surface area contributed by atoms with E-state index >= 15 is 0 Å². The highest BCUT2D eigenvalue weighted by molar-refractivity contribution is 6.17. The third-order valence-corrected chi connectivity index (χ3v) is 3.54. The van der Waals surface area contributed by atoms with Crippen LogP contribution in [0.2, 0.25) is 0 Å². The second-order valence-corrected chi connectivity index (χ2v) is 6.44. The Balaban J connectivity index is 1.86. The molecule has 0 atom stereocenters. The van der Waals surface area contributed by atoms with Gasteiger partial charge in [0.2, 0.25) is 0 Å². The average Bonchev–Trinajstić information content (AvgIpc) is 2.83. The minimum absolute atomic E-state index is 0.107. The maximum absolute atomic E-state index is 12.0. The minimum atomic E-state index is -0.489. The highest BCUT2D eigenvalue weighted by Crippen LogP contribution is 2.37. The van der Waals surface area contributed by atoms with Gasteiger partial charge in [-0.2, -0.15) is 0 Å². The molecule has 0 N–H and O–H groups in total. The number of hydrogen-bond acceptors (Lipinski definition) is 4. The molecule has 1 aliphatic carbocycles. The molecule has 20 heavy (non-hydrogen) atoms. The van der Waals surface area contributed by atoms with Gasteiger partial charge >= 0.3 is 12.1 Å². The average molecular weight is 302 g/mol. The predicted molar refractivity (Wildman–Crippen MR) is 74.4 cm³/mol. The van der Waals surface area contributed by atoms with Gasteiger partial charge in [0.05, 0.1) is 5.92 Å². The Kier molecular flexibility index (Phi) is 4.28. The minimum Gasteiger partial charge on any atom is -0.449 e. The number of nitrogens with zero attached hydrogens (tertiary/aromatic N) is 1. The quantitative estimate of drug-likeness (QED) is 0.447. The summed E-state index contributed by atoms with van der Waals surface area (Å²) in [5, 5.41) is 0. The van der Waals surface area contributed by atoms with E-state index in [9.17, 15) is 9.59 Å². The summed E-state index contributed by atoms with van der Waals surface area (Å²) < 4.78 is 10.2. The SMILES string of the molecule is CC(C)(C)OC(=O)N1CC2=C(CC(C(=O)OCCl)C2)C1. The zero-order chi connectivity index (χ0) is 14.9. The molecule has 0 bridgehead atoms. The van der Waals surface area contributed by atoms with E-state index in [4.69, 9.17) is 21.1 Å². The molecule has 2 rings (SSSR count). The van der Waals surface area contributed by atoms with Crippen LogP contribution in [0, 0.1) is 5.92 Å². The first-order valence-electron chi connectivity index (χ1n) is 6.70. The number of esters is 1. The van der Waals surface area contributed by atoms with Gasteiger partial charge in [-0.1, -0.05) is 11.6 Å². The fourth-order valence-electron chi connectivity index (χ4n) is 2.62. The molecule has 0 saturated carbocycles. The summed E-state index contributed by atoms with van der Waals surface area (Å²) in [5.41, 5.74) is 1.83. The van der Waals surface area contributed by atoms with Crippen LogP contribution < -0.4 is 0 Å². The van der Waals surface area contributed by atoms with Crippen LogP contribution in [0.5, 0.6) is 0 Å². The molecular formula is C14H20ClNO4. The summed E-state index contributed by atoms with van der Waals surface area (Å²) in [6.07, 6.45) is 1.01. The van der Waals surface area contributed by atoms with E-state index in [1.54, 1.807) is 4.90 Å². The molecule has 0 aromatic rings. The Bertz CT molecular complexity index is 435. The van der Waals surface area contributed by atoms with E-state index in [2.05, 4.69) is 0 Å². The van der Waals surface area contributed by atoms with Crippen LogP contribution in [-0.2, 0) is 14.3 Å². The predicted octanol–water partition coefficient (Wildman–Crippen LogP) is 2.68. The van der Waals surface area contributed by atoms with Gasteiger partial charge in [0.25, 0.3) is 0 Å². The van der Waals surface area contributed by atoms with Crippen molar-refractivity contribution in [1.29, 1.82) is 0 Å². The normalized spacial score (nSPS) is 19.3. The van der Waals surface area contributed by atoms with Crippen LogP contribution in [0.15, 0.2) is 11.1 Å². The zero-order valence-electron chi connectivity index (χ0n) is 12.1. The lowest BCUT2D eigenvalue weighted by molar-refractivity contribution is -0.146. The first kappa shape index (κ1) is 15.2. The van der Waals surface area contributed by atoms with Gasteiger partial charge < -0.3 is 14.4 Å². The summed E-state index contributed by atoms with van der Waals surface area (Å²) in [6.45, 7) is 6.64. The lowest BCUT2D eigenvalue weighted by Crippen LogP contribution is -2.36. The highest BCUT2D eigenvalue weighted by atomic mass is 35.5. The van der Waals surface area contributed by atoms with Crippen LogP contribution in [-0.4, -0.2) is 41.7 Å². The van der Waals surface area contributed by atoms with Gasteiger partial charge in [-0.05, 0) is 44.8 Å². The fraction of sp³-hybridized carbons (Fsp3) is 0.714. The van der Waals surface area contributed by atoms with Crippen molar-refractivity contribution in [3.8, 4) is 0 Å². The standard InChI is InChI=1S/C14H20ClNO4/c1-14(2,3)20-13(18)16-6-10-4-9(5-11(10)7-16)12(17)19-8-15/h9H,4-8H2,1-3H3. The summed E-state index contributed by atoms with van der Waals surface area (Å²) >= 11 is 5.40. The molecule has 0 spiro atoms. The van der Waals surface area contributed by atoms with E-state index in [0.717, 1.165) is 11.1 Å². The number of amides is 1. The van der Waals surface area contributed by atoms with Gasteiger partial charge in [-0.3, -0.25) is 4.79 Å². The molecule has 0 saturated heterocycles. The Labute approximate surface area is 123 Å². The van der Waals surface area contributed by atoms with E-state index in [1.807, 2.05) is 20.8 Å². The lowest BCUT2D eigenvalue weighted by Gasteiger charge is -2.25. The van der Waals surface area contributed by atoms with Crippen molar-refractivity contribution in [1.82, 2.24) is 4.90 Å². The van der Waals surface area contributed by atoms with Crippen molar-refractivity contribution >= 4 is 23.7 Å². The summed E-state index contributed by atoms with van der Waals surface area (Å²) in [4.78, 5) is 25.3. The van der Waals surface area contributed by atoms with Crippen molar-refractivity contribution in [3.63, 3.8) is 0 Å². The van der Waals surface area contributed by atoms with E-state index in [1.165, 1.54) is 0 Å². The summed E-state index contributed by atoms with van der Waals surface area (Å²) in [7, 11) is 0. The van der Waals surface area contributed by atoms with Gasteiger partial charge in [-0.25, -0.2) is 4.79 Å². The van der Waals surface area contributed by atoms with Crippen LogP contribution in [0.4, 0.5) is 4.79 Å². The van der Waals surface area contributed by atoms with E-state index in [0.29, 0.717) is 25.9 Å². The fourth-order valence-corrected chi connectivity index (χ4v) is 2.73. The maximum atomic E-state index is 12.0. The molecule has 5 nitrogen and oxygen atoms in total. The second-order valence-electron chi connectivity index (χ2n) is 6.22. The van der Waals surface area contributed by atoms with Crippen LogP contribution in [0.1, 0.15) is 33.6 Å². The van der Waals surface area contributed by atoms with E-state index < -0.39 is 5.60 Å². The molecule has 1 amide bonds. The second kappa shape index (κ2) is 5.64. The molecule has 1 aliphatic heterocycles. The maximum Gasteiger partial charge on any atom is 0.410 e. The van der Waals surface area contributed by atoms with Crippen molar-refractivity contribution in [3.05, 3.63) is 11.1 Å². The smallest absolute Gasteiger partial charge is 0.410 e. The number of carbonyl (C=O) groups is 2. The molecule has 0 unspecified atom stereocenters. The first-order valence-corrected chi connectivity index (χ1v) is 7.24. The Hall–Kier alpha value is -1.23. The molecule has 6 heteroatoms. The molecule has 0 fully saturated rings. The van der Waals surface area contributed by atoms with Crippen LogP contribution >= 0.6 is 11.6 Å². The number of rotatable bonds is 2. The number of hydrogen-bond donors (Lipinski definition) is 0. The summed E-state index contributed by atoms with van der Waals surface area (Å²) in [5.74, 6) is -0.391. The molecule has 2 aliphatic rings. The largest absolute Gasteiger partial charge is 0.449 e. The Morgan fingerprint density at radius 2 is 1.80 bits per heavy atom. The molecule has 0 aromatic carbocycles. The monoisotopic (exact) mass is 301 g/mol. The van der Waals surface area contributed by atoms with Crippen LogP contribution in [0.25, 0.3) is 0 Å². The van der Waals surface area contributed by atoms with Crippen molar-refractivity contribution < 1.29 is 19.1 Å². The van der Waals surface area contributed by atoms with Gasteiger partial charge in [0.1, 0.15) is 5.60 Å². The molecule has 1 heterocycles. The Morgan fingerprint density at radius 3 is 2.25 bits per heavy atom. The third kappa shape index (κ3) is 3.45. The topological polar surface area (TPSA) is 55.8 Å². The highest BCUT2D eigenvalue weighted by Gasteiger charge is 2.37. The van der Waals surface area contributed by atoms with Crippen LogP contribution in [0.3, 0.4) is 0 Å². The number of ether oxygens (including phenoxy) is 2. The summed E-state index contributed by atoms with van der Waals surface area (Å²) in [6, 6.07) is -0.107. The molecule has 112 valence electrons.